The monoisotopic (exact) mass is 342 g/mol. The van der Waals surface area contributed by atoms with E-state index in [1.54, 1.807) is 6.07 Å². The molecule has 2 aromatic carbocycles. The summed E-state index contributed by atoms with van der Waals surface area (Å²) in [5, 5.41) is 3.11. The van der Waals surface area contributed by atoms with E-state index in [9.17, 15) is 21.6 Å². The standard InChI is InChI=1S/C15H13F3N2O2S/c16-15(17,18)11-2-1-3-12(9-11)20-23(21,22)13-4-5-14-10(8-13)6-7-19-14/h1-5,8-9,19-20H,6-7H2. The van der Waals surface area contributed by atoms with Crippen molar-refractivity contribution < 1.29 is 21.6 Å². The van der Waals surface area contributed by atoms with Crippen LogP contribution in [0.4, 0.5) is 24.5 Å². The van der Waals surface area contributed by atoms with Crippen molar-refractivity contribution in [2.24, 2.45) is 0 Å². The predicted octanol–water partition coefficient (Wildman–Crippen LogP) is 3.47. The lowest BCUT2D eigenvalue weighted by molar-refractivity contribution is -0.137. The van der Waals surface area contributed by atoms with Gasteiger partial charge in [0.1, 0.15) is 0 Å². The lowest BCUT2D eigenvalue weighted by Gasteiger charge is -2.12. The largest absolute Gasteiger partial charge is 0.416 e. The highest BCUT2D eigenvalue weighted by molar-refractivity contribution is 7.92. The minimum atomic E-state index is -4.53. The molecular weight excluding hydrogens is 329 g/mol. The summed E-state index contributed by atoms with van der Waals surface area (Å²) in [5.41, 5.74) is 0.717. The number of anilines is 2. The van der Waals surface area contributed by atoms with Gasteiger partial charge in [-0.05, 0) is 48.4 Å². The molecule has 0 bridgehead atoms. The third-order valence-electron chi connectivity index (χ3n) is 3.54. The Bertz CT molecular complexity index is 848. The summed E-state index contributed by atoms with van der Waals surface area (Å²) in [6, 6.07) is 8.71. The SMILES string of the molecule is O=S(=O)(Nc1cccc(C(F)(F)F)c1)c1ccc2c(c1)CCN2. The van der Waals surface area contributed by atoms with Gasteiger partial charge in [-0.25, -0.2) is 8.42 Å². The van der Waals surface area contributed by atoms with E-state index in [-0.39, 0.29) is 10.6 Å². The number of hydrogen-bond donors (Lipinski definition) is 2. The van der Waals surface area contributed by atoms with E-state index in [2.05, 4.69) is 10.0 Å². The molecule has 4 nitrogen and oxygen atoms in total. The highest BCUT2D eigenvalue weighted by Crippen LogP contribution is 2.31. The molecule has 0 saturated heterocycles. The van der Waals surface area contributed by atoms with Gasteiger partial charge in [0.25, 0.3) is 10.0 Å². The number of sulfonamides is 1. The Morgan fingerprint density at radius 2 is 1.87 bits per heavy atom. The molecular formula is C15H13F3N2O2S. The van der Waals surface area contributed by atoms with E-state index in [1.807, 2.05) is 0 Å². The van der Waals surface area contributed by atoms with Crippen molar-refractivity contribution in [1.29, 1.82) is 0 Å². The van der Waals surface area contributed by atoms with Crippen molar-refractivity contribution in [1.82, 2.24) is 0 Å². The molecule has 1 aliphatic rings. The third kappa shape index (κ3) is 3.26. The van der Waals surface area contributed by atoms with Gasteiger partial charge in [-0.3, -0.25) is 4.72 Å². The Morgan fingerprint density at radius 1 is 1.09 bits per heavy atom. The normalized spacial score (nSPS) is 14.2. The molecule has 0 radical (unpaired) electrons. The van der Waals surface area contributed by atoms with Crippen LogP contribution in [0, 0.1) is 0 Å². The van der Waals surface area contributed by atoms with Crippen molar-refractivity contribution in [3.05, 3.63) is 53.6 Å². The minimum absolute atomic E-state index is 0.0253. The third-order valence-corrected chi connectivity index (χ3v) is 4.92. The Hall–Kier alpha value is -2.22. The average Bonchev–Trinajstić information content (AvgIpc) is 2.93. The summed E-state index contributed by atoms with van der Waals surface area (Å²) in [6.07, 6.45) is -3.82. The number of fused-ring (bicyclic) bond motifs is 1. The second-order valence-electron chi connectivity index (χ2n) is 5.18. The summed E-state index contributed by atoms with van der Waals surface area (Å²) in [7, 11) is -3.94. The van der Waals surface area contributed by atoms with E-state index in [0.717, 1.165) is 36.0 Å². The van der Waals surface area contributed by atoms with Crippen molar-refractivity contribution in [3.63, 3.8) is 0 Å². The van der Waals surface area contributed by atoms with Gasteiger partial charge >= 0.3 is 6.18 Å². The maximum atomic E-state index is 12.7. The molecule has 1 heterocycles. The Morgan fingerprint density at radius 3 is 2.61 bits per heavy atom. The maximum Gasteiger partial charge on any atom is 0.416 e. The van der Waals surface area contributed by atoms with Crippen LogP contribution in [0.5, 0.6) is 0 Å². The highest BCUT2D eigenvalue weighted by atomic mass is 32.2. The van der Waals surface area contributed by atoms with Crippen molar-refractivity contribution in [2.75, 3.05) is 16.6 Å². The van der Waals surface area contributed by atoms with Gasteiger partial charge in [-0.1, -0.05) is 6.07 Å². The minimum Gasteiger partial charge on any atom is -0.384 e. The molecule has 122 valence electrons. The van der Waals surface area contributed by atoms with Gasteiger partial charge < -0.3 is 5.32 Å². The first kappa shape index (κ1) is 15.7. The van der Waals surface area contributed by atoms with E-state index in [1.165, 1.54) is 18.2 Å². The van der Waals surface area contributed by atoms with Crippen molar-refractivity contribution >= 4 is 21.4 Å². The highest BCUT2D eigenvalue weighted by Gasteiger charge is 2.30. The van der Waals surface area contributed by atoms with E-state index in [0.29, 0.717) is 6.42 Å². The number of rotatable bonds is 3. The molecule has 2 N–H and O–H groups in total. The van der Waals surface area contributed by atoms with Gasteiger partial charge in [-0.15, -0.1) is 0 Å². The Labute approximate surface area is 131 Å². The topological polar surface area (TPSA) is 58.2 Å². The molecule has 0 unspecified atom stereocenters. The molecule has 3 rings (SSSR count). The molecule has 0 fully saturated rings. The molecule has 0 spiro atoms. The molecule has 0 amide bonds. The zero-order valence-corrected chi connectivity index (χ0v) is 12.6. The van der Waals surface area contributed by atoms with Crippen LogP contribution in [0.3, 0.4) is 0 Å². The summed E-state index contributed by atoms with van der Waals surface area (Å²) >= 11 is 0. The fourth-order valence-electron chi connectivity index (χ4n) is 2.42. The van der Waals surface area contributed by atoms with Crippen LogP contribution >= 0.6 is 0 Å². The van der Waals surface area contributed by atoms with Crippen LogP contribution in [0.2, 0.25) is 0 Å². The van der Waals surface area contributed by atoms with Gasteiger partial charge in [0, 0.05) is 17.9 Å². The van der Waals surface area contributed by atoms with Crippen LogP contribution in [-0.4, -0.2) is 15.0 Å². The Kier molecular flexibility index (Phi) is 3.71. The predicted molar refractivity (Wildman–Crippen MR) is 80.9 cm³/mol. The summed E-state index contributed by atoms with van der Waals surface area (Å²) in [5.74, 6) is 0. The van der Waals surface area contributed by atoms with E-state index < -0.39 is 21.8 Å². The molecule has 0 aliphatic carbocycles. The van der Waals surface area contributed by atoms with Crippen LogP contribution < -0.4 is 10.0 Å². The maximum absolute atomic E-state index is 12.7. The first-order chi connectivity index (χ1) is 10.8. The zero-order valence-electron chi connectivity index (χ0n) is 11.8. The first-order valence-electron chi connectivity index (χ1n) is 6.83. The van der Waals surface area contributed by atoms with Crippen LogP contribution in [0.25, 0.3) is 0 Å². The fraction of sp³-hybridized carbons (Fsp3) is 0.200. The van der Waals surface area contributed by atoms with E-state index >= 15 is 0 Å². The second kappa shape index (κ2) is 5.45. The fourth-order valence-corrected chi connectivity index (χ4v) is 3.52. The number of halogens is 3. The average molecular weight is 342 g/mol. The second-order valence-corrected chi connectivity index (χ2v) is 6.86. The van der Waals surface area contributed by atoms with Crippen LogP contribution in [-0.2, 0) is 22.6 Å². The molecule has 0 saturated carbocycles. The zero-order chi connectivity index (χ0) is 16.7. The van der Waals surface area contributed by atoms with Gasteiger partial charge in [0.15, 0.2) is 0 Å². The van der Waals surface area contributed by atoms with Gasteiger partial charge in [0.2, 0.25) is 0 Å². The molecule has 8 heteroatoms. The first-order valence-corrected chi connectivity index (χ1v) is 8.31. The van der Waals surface area contributed by atoms with Gasteiger partial charge in [0.05, 0.1) is 10.5 Å². The molecule has 23 heavy (non-hydrogen) atoms. The lowest BCUT2D eigenvalue weighted by atomic mass is 10.2. The van der Waals surface area contributed by atoms with Crippen molar-refractivity contribution in [3.8, 4) is 0 Å². The quantitative estimate of drug-likeness (QED) is 0.898. The molecule has 2 aromatic rings. The number of alkyl halides is 3. The number of hydrogen-bond acceptors (Lipinski definition) is 3. The van der Waals surface area contributed by atoms with E-state index in [4.69, 9.17) is 0 Å². The summed E-state index contributed by atoms with van der Waals surface area (Å²) in [6.45, 7) is 0.736. The summed E-state index contributed by atoms with van der Waals surface area (Å²) < 4.78 is 65.0. The number of benzene rings is 2. The smallest absolute Gasteiger partial charge is 0.384 e. The van der Waals surface area contributed by atoms with Gasteiger partial charge in [-0.2, -0.15) is 13.2 Å². The Balaban J connectivity index is 1.90. The molecule has 0 atom stereocenters. The van der Waals surface area contributed by atoms with Crippen LogP contribution in [0.1, 0.15) is 11.1 Å². The molecule has 0 aromatic heterocycles. The lowest BCUT2D eigenvalue weighted by Crippen LogP contribution is -2.14. The van der Waals surface area contributed by atoms with Crippen molar-refractivity contribution in [2.45, 2.75) is 17.5 Å². The molecule has 1 aliphatic heterocycles. The summed E-state index contributed by atoms with van der Waals surface area (Å²) in [4.78, 5) is 0.0253. The van der Waals surface area contributed by atoms with Crippen LogP contribution in [0.15, 0.2) is 47.4 Å². The number of nitrogens with one attached hydrogen (secondary N) is 2.